The van der Waals surface area contributed by atoms with E-state index in [1.807, 2.05) is 7.05 Å². The first-order valence-corrected chi connectivity index (χ1v) is 8.32. The lowest BCUT2D eigenvalue weighted by Crippen LogP contribution is -2.46. The number of likely N-dealkylation sites (tertiary alicyclic amines) is 1. The van der Waals surface area contributed by atoms with Gasteiger partial charge < -0.3 is 10.6 Å². The van der Waals surface area contributed by atoms with E-state index in [9.17, 15) is 0 Å². The normalized spacial score (nSPS) is 34.5. The molecule has 0 radical (unpaired) electrons. The SMILES string of the molecule is CN=C(NC1CCN(C2CCCC2)C1)NC1CC1(C)C. The Balaban J connectivity index is 1.45. The molecule has 0 bridgehead atoms. The highest BCUT2D eigenvalue weighted by Gasteiger charge is 2.46. The number of hydrogen-bond acceptors (Lipinski definition) is 2. The average Bonchev–Trinajstić information content (AvgIpc) is 2.89. The summed E-state index contributed by atoms with van der Waals surface area (Å²) in [6.07, 6.45) is 8.20. The molecule has 20 heavy (non-hydrogen) atoms. The maximum absolute atomic E-state index is 4.40. The van der Waals surface area contributed by atoms with Gasteiger partial charge in [-0.15, -0.1) is 0 Å². The number of hydrogen-bond donors (Lipinski definition) is 2. The van der Waals surface area contributed by atoms with Crippen LogP contribution in [0.25, 0.3) is 0 Å². The fourth-order valence-electron chi connectivity index (χ4n) is 3.75. The van der Waals surface area contributed by atoms with Crippen molar-refractivity contribution in [3.05, 3.63) is 0 Å². The van der Waals surface area contributed by atoms with Crippen LogP contribution < -0.4 is 10.6 Å². The summed E-state index contributed by atoms with van der Waals surface area (Å²) in [4.78, 5) is 7.09. The van der Waals surface area contributed by atoms with E-state index in [1.54, 1.807) is 0 Å². The van der Waals surface area contributed by atoms with E-state index in [2.05, 4.69) is 34.4 Å². The molecular formula is C16H30N4. The smallest absolute Gasteiger partial charge is 0.191 e. The molecule has 2 aliphatic carbocycles. The van der Waals surface area contributed by atoms with Crippen LogP contribution in [-0.4, -0.2) is 49.1 Å². The van der Waals surface area contributed by atoms with Crippen molar-refractivity contribution in [2.45, 2.75) is 70.5 Å². The van der Waals surface area contributed by atoms with E-state index in [4.69, 9.17) is 0 Å². The maximum atomic E-state index is 4.40. The van der Waals surface area contributed by atoms with Gasteiger partial charge in [0.05, 0.1) is 0 Å². The van der Waals surface area contributed by atoms with Gasteiger partial charge in [-0.25, -0.2) is 0 Å². The second-order valence-electron chi connectivity index (χ2n) is 7.52. The van der Waals surface area contributed by atoms with Gasteiger partial charge in [-0.05, 0) is 31.1 Å². The standard InChI is InChI=1S/C16H30N4/c1-16(2)10-14(16)19-15(17-3)18-12-8-9-20(11-12)13-6-4-5-7-13/h12-14H,4-11H2,1-3H3,(H2,17,18,19). The molecule has 3 rings (SSSR count). The molecule has 2 saturated carbocycles. The van der Waals surface area contributed by atoms with Crippen molar-refractivity contribution in [1.29, 1.82) is 0 Å². The third-order valence-electron chi connectivity index (χ3n) is 5.45. The molecule has 4 nitrogen and oxygen atoms in total. The van der Waals surface area contributed by atoms with Crippen molar-refractivity contribution < 1.29 is 0 Å². The molecule has 3 aliphatic rings. The summed E-state index contributed by atoms with van der Waals surface area (Å²) < 4.78 is 0. The zero-order valence-corrected chi connectivity index (χ0v) is 13.3. The Bertz CT molecular complexity index is 371. The number of nitrogens with one attached hydrogen (secondary N) is 2. The van der Waals surface area contributed by atoms with Crippen LogP contribution in [0.4, 0.5) is 0 Å². The van der Waals surface area contributed by atoms with Crippen LogP contribution in [0.1, 0.15) is 52.4 Å². The van der Waals surface area contributed by atoms with Gasteiger partial charge in [0.25, 0.3) is 0 Å². The van der Waals surface area contributed by atoms with Gasteiger partial charge in [0.2, 0.25) is 0 Å². The average molecular weight is 278 g/mol. The summed E-state index contributed by atoms with van der Waals surface area (Å²) in [6.45, 7) is 7.08. The van der Waals surface area contributed by atoms with E-state index in [1.165, 1.54) is 51.6 Å². The highest BCUT2D eigenvalue weighted by atomic mass is 15.3. The van der Waals surface area contributed by atoms with Crippen LogP contribution in [0.3, 0.4) is 0 Å². The summed E-state index contributed by atoms with van der Waals surface area (Å²) in [6, 6.07) is 2.03. The van der Waals surface area contributed by atoms with Crippen molar-refractivity contribution >= 4 is 5.96 Å². The predicted octanol–water partition coefficient (Wildman–Crippen LogP) is 1.97. The molecule has 0 aromatic rings. The number of aliphatic imine (C=N–C) groups is 1. The summed E-state index contributed by atoms with van der Waals surface area (Å²) in [7, 11) is 1.88. The van der Waals surface area contributed by atoms with Crippen molar-refractivity contribution in [3.8, 4) is 0 Å². The van der Waals surface area contributed by atoms with Gasteiger partial charge in [-0.3, -0.25) is 9.89 Å². The minimum atomic E-state index is 0.448. The van der Waals surface area contributed by atoms with E-state index in [0.717, 1.165) is 12.0 Å². The van der Waals surface area contributed by atoms with Crippen molar-refractivity contribution in [2.24, 2.45) is 10.4 Å². The maximum Gasteiger partial charge on any atom is 0.191 e. The molecule has 0 amide bonds. The second kappa shape index (κ2) is 5.55. The van der Waals surface area contributed by atoms with Crippen LogP contribution in [0.5, 0.6) is 0 Å². The van der Waals surface area contributed by atoms with Gasteiger partial charge in [0, 0.05) is 38.3 Å². The fraction of sp³-hybridized carbons (Fsp3) is 0.938. The van der Waals surface area contributed by atoms with Crippen LogP contribution in [0, 0.1) is 5.41 Å². The highest BCUT2D eigenvalue weighted by Crippen LogP contribution is 2.44. The van der Waals surface area contributed by atoms with Crippen LogP contribution in [0.2, 0.25) is 0 Å². The summed E-state index contributed by atoms with van der Waals surface area (Å²) in [5.74, 6) is 0.999. The first kappa shape index (κ1) is 14.2. The van der Waals surface area contributed by atoms with Gasteiger partial charge in [-0.2, -0.15) is 0 Å². The highest BCUT2D eigenvalue weighted by molar-refractivity contribution is 5.80. The zero-order valence-electron chi connectivity index (χ0n) is 13.3. The predicted molar refractivity (Wildman–Crippen MR) is 84.1 cm³/mol. The Morgan fingerprint density at radius 1 is 1.15 bits per heavy atom. The molecule has 2 unspecified atom stereocenters. The minimum Gasteiger partial charge on any atom is -0.353 e. The minimum absolute atomic E-state index is 0.448. The van der Waals surface area contributed by atoms with Crippen LogP contribution >= 0.6 is 0 Å². The molecule has 0 aromatic carbocycles. The molecule has 1 heterocycles. The molecular weight excluding hydrogens is 248 g/mol. The van der Waals surface area contributed by atoms with Crippen LogP contribution in [0.15, 0.2) is 4.99 Å². The molecule has 1 saturated heterocycles. The van der Waals surface area contributed by atoms with Gasteiger partial charge in [-0.1, -0.05) is 26.7 Å². The lowest BCUT2D eigenvalue weighted by molar-refractivity contribution is 0.242. The van der Waals surface area contributed by atoms with E-state index in [-0.39, 0.29) is 0 Å². The number of nitrogens with zero attached hydrogens (tertiary/aromatic N) is 2. The Morgan fingerprint density at radius 3 is 2.45 bits per heavy atom. The summed E-state index contributed by atoms with van der Waals surface area (Å²) in [5.41, 5.74) is 0.448. The van der Waals surface area contributed by atoms with Gasteiger partial charge >= 0.3 is 0 Å². The third-order valence-corrected chi connectivity index (χ3v) is 5.45. The zero-order chi connectivity index (χ0) is 14.2. The van der Waals surface area contributed by atoms with E-state index in [0.29, 0.717) is 17.5 Å². The summed E-state index contributed by atoms with van der Waals surface area (Å²) >= 11 is 0. The molecule has 2 atom stereocenters. The Kier molecular flexibility index (Phi) is 3.93. The Hall–Kier alpha value is -0.770. The second-order valence-corrected chi connectivity index (χ2v) is 7.52. The van der Waals surface area contributed by atoms with E-state index >= 15 is 0 Å². The van der Waals surface area contributed by atoms with Crippen molar-refractivity contribution in [2.75, 3.05) is 20.1 Å². The van der Waals surface area contributed by atoms with Crippen molar-refractivity contribution in [3.63, 3.8) is 0 Å². The van der Waals surface area contributed by atoms with Crippen molar-refractivity contribution in [1.82, 2.24) is 15.5 Å². The fourth-order valence-corrected chi connectivity index (χ4v) is 3.75. The quantitative estimate of drug-likeness (QED) is 0.612. The summed E-state index contributed by atoms with van der Waals surface area (Å²) in [5, 5.41) is 7.19. The first-order chi connectivity index (χ1) is 9.58. The van der Waals surface area contributed by atoms with E-state index < -0.39 is 0 Å². The Morgan fingerprint density at radius 2 is 1.85 bits per heavy atom. The largest absolute Gasteiger partial charge is 0.353 e. The number of rotatable bonds is 3. The van der Waals surface area contributed by atoms with Gasteiger partial charge in [0.15, 0.2) is 5.96 Å². The molecule has 0 spiro atoms. The van der Waals surface area contributed by atoms with Crippen LogP contribution in [-0.2, 0) is 0 Å². The third kappa shape index (κ3) is 3.11. The molecule has 0 aromatic heterocycles. The number of guanidine groups is 1. The molecule has 2 N–H and O–H groups in total. The lowest BCUT2D eigenvalue weighted by Gasteiger charge is -2.24. The Labute approximate surface area is 123 Å². The first-order valence-electron chi connectivity index (χ1n) is 8.32. The van der Waals surface area contributed by atoms with Gasteiger partial charge in [0.1, 0.15) is 0 Å². The monoisotopic (exact) mass is 278 g/mol. The molecule has 4 heteroatoms. The molecule has 3 fully saturated rings. The molecule has 114 valence electrons. The topological polar surface area (TPSA) is 39.7 Å². The molecule has 1 aliphatic heterocycles. The lowest BCUT2D eigenvalue weighted by atomic mass is 10.2.